The molecule has 0 radical (unpaired) electrons. The van der Waals surface area contributed by atoms with Crippen molar-refractivity contribution < 1.29 is 125 Å². The predicted molar refractivity (Wildman–Crippen MR) is 466 cm³/mol. The summed E-state index contributed by atoms with van der Waals surface area (Å²) in [6.07, 6.45) is 24.1. The second-order valence-corrected chi connectivity index (χ2v) is 45.2. The summed E-state index contributed by atoms with van der Waals surface area (Å²) in [5.74, 6) is -8.86. The number of fused-ring (bicyclic) bond motifs is 28. The molecule has 16 fully saturated rings. The molecule has 22 nitrogen and oxygen atoms in total. The number of halogens is 4. The molecular weight excluding hydrogens is 1650 g/mol. The van der Waals surface area contributed by atoms with Gasteiger partial charge in [-0.05, 0) is 233 Å². The number of ether oxygens (including phenoxy) is 8. The fraction of sp³-hybridized carbons (Fsp3) is 0.784. The van der Waals surface area contributed by atoms with Gasteiger partial charge in [0.2, 0.25) is 0 Å². The lowest BCUT2D eigenvalue weighted by atomic mass is 9.44. The van der Waals surface area contributed by atoms with Gasteiger partial charge in [0.15, 0.2) is 91.6 Å². The fourth-order valence-electron chi connectivity index (χ4n) is 32.1. The molecule has 8 N–H and O–H groups in total. The van der Waals surface area contributed by atoms with E-state index in [4.69, 9.17) is 37.9 Å². The Hall–Kier alpha value is -4.98. The number of hydrogen-bond acceptors (Lipinski definition) is 22. The third-order valence-electron chi connectivity index (χ3n) is 37.1. The lowest BCUT2D eigenvalue weighted by Crippen LogP contribution is -2.70. The molecule has 0 spiro atoms. The van der Waals surface area contributed by atoms with Crippen LogP contribution in [0.5, 0.6) is 0 Å². The van der Waals surface area contributed by atoms with Crippen molar-refractivity contribution in [2.45, 2.75) is 384 Å². The summed E-state index contributed by atoms with van der Waals surface area (Å²) >= 11 is 0. The van der Waals surface area contributed by atoms with E-state index < -0.39 is 234 Å². The first-order valence-electron chi connectivity index (χ1n) is 47.6. The van der Waals surface area contributed by atoms with Crippen LogP contribution in [0, 0.1) is 90.7 Å². The van der Waals surface area contributed by atoms with Crippen LogP contribution in [-0.4, -0.2) is 219 Å². The van der Waals surface area contributed by atoms with Crippen molar-refractivity contribution in [3.05, 3.63) is 95.2 Å². The Morgan fingerprint density at radius 3 is 0.828 bits per heavy atom. The molecule has 0 amide bonds. The summed E-state index contributed by atoms with van der Waals surface area (Å²) in [6, 6.07) is 0. The smallest absolute Gasteiger partial charge is 0.193 e. The highest BCUT2D eigenvalue weighted by atomic mass is 19.2. The first-order chi connectivity index (χ1) is 59.5. The van der Waals surface area contributed by atoms with E-state index in [0.717, 1.165) is 35.1 Å². The SMILES string of the molecule is CC1(C)O[C@@H]2C[C@H]3[C@@H]4CCC5=CC(=O)C=C[C@]5(C)[C@@]4(F)[C@@H](O)C[C@]3(C)[C@]2(C(=O)CO)O1.CC1(C)O[C@@H]2C[C@H]3[C@@H]4CCC5=CC(=O)C=C[C@]5(C)[C@@]4(F)[C@@H](O)C[C@]3(C)[C@]2(C(=O)CO)O1.CC1(C)O[C@@H]2C[C@H]3[C@@H]4CCC5=CC=CC[C@]5(C)[C@@]4(F)[C@@H](O)C[C@]3(C)[C@]2(C(=O)CO)O1.CC1(C)O[C@@H]2C[C@H]3[C@@H]4CCC5=CC=CC[C@]5(C)[C@@]4(F)[C@@H](O)C[C@]3(C)[C@]2(C(=O)CO)O1.CCC.CCC. The number of alkyl halides is 4. The zero-order valence-corrected chi connectivity index (χ0v) is 78.9. The maximum atomic E-state index is 17.1. The van der Waals surface area contributed by atoms with Crippen LogP contribution < -0.4 is 0 Å². The third kappa shape index (κ3) is 12.7. The van der Waals surface area contributed by atoms with Crippen LogP contribution in [0.1, 0.15) is 267 Å². The number of allylic oxidation sites excluding steroid dienone is 16. The van der Waals surface area contributed by atoms with Crippen LogP contribution in [0.15, 0.2) is 95.2 Å². The van der Waals surface area contributed by atoms with Crippen molar-refractivity contribution in [2.24, 2.45) is 90.7 Å². The molecule has 0 bridgehead atoms. The molecule has 0 unspecified atom stereocenters. The zero-order chi connectivity index (χ0) is 94.1. The highest BCUT2D eigenvalue weighted by Gasteiger charge is 2.86. The monoisotopic (exact) mass is 1800 g/mol. The van der Waals surface area contributed by atoms with E-state index in [9.17, 15) is 69.6 Å². The Balaban J connectivity index is 0.000000128. The van der Waals surface area contributed by atoms with Crippen molar-refractivity contribution >= 4 is 34.7 Å². The molecule has 20 aliphatic rings. The van der Waals surface area contributed by atoms with Gasteiger partial charge in [0, 0.05) is 67.0 Å². The maximum Gasteiger partial charge on any atom is 0.193 e. The van der Waals surface area contributed by atoms with Gasteiger partial charge in [0.1, 0.15) is 37.8 Å². The van der Waals surface area contributed by atoms with Crippen LogP contribution in [0.2, 0.25) is 0 Å². The van der Waals surface area contributed by atoms with Gasteiger partial charge in [0.05, 0.1) is 48.8 Å². The molecule has 0 aromatic carbocycles. The Morgan fingerprint density at radius 2 is 0.586 bits per heavy atom. The number of aliphatic hydroxyl groups is 8. The molecule has 4 saturated heterocycles. The van der Waals surface area contributed by atoms with Crippen LogP contribution >= 0.6 is 0 Å². The van der Waals surface area contributed by atoms with Crippen molar-refractivity contribution in [1.82, 2.24) is 0 Å². The number of hydrogen-bond donors (Lipinski definition) is 8. The van der Waals surface area contributed by atoms with E-state index in [1.807, 2.05) is 78.0 Å². The minimum absolute atomic E-state index is 0.0109. The Labute approximate surface area is 752 Å². The molecule has 0 aromatic heterocycles. The van der Waals surface area contributed by atoms with Gasteiger partial charge in [-0.3, -0.25) is 28.8 Å². The van der Waals surface area contributed by atoms with E-state index in [-0.39, 0.29) is 60.9 Å². The topological polar surface area (TPSA) is 338 Å². The first-order valence-corrected chi connectivity index (χ1v) is 47.6. The van der Waals surface area contributed by atoms with Crippen molar-refractivity contribution in [1.29, 1.82) is 0 Å². The van der Waals surface area contributed by atoms with Crippen molar-refractivity contribution in [2.75, 3.05) is 26.4 Å². The van der Waals surface area contributed by atoms with Gasteiger partial charge in [-0.1, -0.05) is 153 Å². The van der Waals surface area contributed by atoms with E-state index in [1.165, 1.54) is 37.1 Å². The average Bonchev–Trinajstić information content (AvgIpc) is 1.50. The number of aliphatic hydroxyl groups excluding tert-OH is 8. The fourth-order valence-corrected chi connectivity index (χ4v) is 32.1. The van der Waals surface area contributed by atoms with Gasteiger partial charge in [0.25, 0.3) is 0 Å². The molecule has 0 aromatic rings. The Bertz CT molecular complexity index is 4450. The number of Topliss-reactive ketones (excluding diaryl/α,β-unsaturated/α-hetero) is 4. The zero-order valence-electron chi connectivity index (χ0n) is 78.9. The van der Waals surface area contributed by atoms with Crippen LogP contribution in [0.4, 0.5) is 17.6 Å². The van der Waals surface area contributed by atoms with Gasteiger partial charge in [-0.2, -0.15) is 0 Å². The summed E-state index contributed by atoms with van der Waals surface area (Å²) in [5, 5.41) is 84.8. The quantitative estimate of drug-likeness (QED) is 0.105. The second kappa shape index (κ2) is 31.8. The first kappa shape index (κ1) is 97.6. The lowest BCUT2D eigenvalue weighted by molar-refractivity contribution is -0.250. The maximum absolute atomic E-state index is 17.1. The number of carbonyl (C=O) groups is 6. The average molecular weight is 1800 g/mol. The highest BCUT2D eigenvalue weighted by molar-refractivity contribution is 6.02. The normalized spacial score (nSPS) is 50.5. The highest BCUT2D eigenvalue weighted by Crippen LogP contribution is 2.79. The Kier molecular flexibility index (Phi) is 24.2. The molecule has 12 saturated carbocycles. The van der Waals surface area contributed by atoms with Crippen LogP contribution in [0.3, 0.4) is 0 Å². The third-order valence-corrected chi connectivity index (χ3v) is 37.1. The van der Waals surface area contributed by atoms with E-state index in [1.54, 1.807) is 81.4 Å². The summed E-state index contributed by atoms with van der Waals surface area (Å²) < 4.78 is 118. The number of ketones is 6. The minimum atomic E-state index is -1.98. The van der Waals surface area contributed by atoms with Crippen LogP contribution in [-0.2, 0) is 66.7 Å². The van der Waals surface area contributed by atoms with E-state index in [0.29, 0.717) is 77.0 Å². The summed E-state index contributed by atoms with van der Waals surface area (Å²) in [5.41, 5.74) is -16.6. The molecular formula is C102H144F4O22. The predicted octanol–water partition coefficient (Wildman–Crippen LogP) is 14.1. The summed E-state index contributed by atoms with van der Waals surface area (Å²) in [4.78, 5) is 76.5. The minimum Gasteiger partial charge on any atom is -0.390 e. The molecule has 32 atom stereocenters. The van der Waals surface area contributed by atoms with Crippen LogP contribution in [0.25, 0.3) is 0 Å². The van der Waals surface area contributed by atoms with E-state index >= 15 is 17.6 Å². The number of rotatable bonds is 8. The van der Waals surface area contributed by atoms with Crippen molar-refractivity contribution in [3.63, 3.8) is 0 Å². The van der Waals surface area contributed by atoms with Gasteiger partial charge >= 0.3 is 0 Å². The van der Waals surface area contributed by atoms with Gasteiger partial charge < -0.3 is 78.7 Å². The van der Waals surface area contributed by atoms with Gasteiger partial charge in [-0.25, -0.2) is 17.6 Å². The Morgan fingerprint density at radius 1 is 0.359 bits per heavy atom. The number of carbonyl (C=O) groups excluding carboxylic acids is 6. The molecule has 128 heavy (non-hydrogen) atoms. The van der Waals surface area contributed by atoms with E-state index in [2.05, 4.69) is 27.7 Å². The second-order valence-electron chi connectivity index (χ2n) is 45.2. The van der Waals surface area contributed by atoms with Crippen molar-refractivity contribution in [3.8, 4) is 0 Å². The molecule has 16 aliphatic carbocycles. The molecule has 4 aliphatic heterocycles. The molecule has 712 valence electrons. The molecule has 4 heterocycles. The van der Waals surface area contributed by atoms with Gasteiger partial charge in [-0.15, -0.1) is 0 Å². The summed E-state index contributed by atoms with van der Waals surface area (Å²) in [7, 11) is 0. The molecule has 26 heteroatoms. The molecule has 20 rings (SSSR count). The standard InChI is InChI=1S/2C24H31FO6.2C24H33FO5.2C3H8/c2*1-20(2)30-19-10-16-15-6-5-13-9-14(27)7-8-21(13,3)23(15,25)17(28)11-22(16,4)24(19,31-20)18(29)12-26;2*1-20(2)29-19-11-16-15-9-8-14-7-5-6-10-21(14,3)23(15,25)17(27)12-22(16,4)24(19,30-20)18(28)13-26;2*1-3-2/h2*7-9,15-17,19,26,28H,5-6,10-12H2,1-4H3;2*5-7,15-17,19,26-27H,8-13H2,1-4H3;2*3H2,1-2H3/t4*15-,16-,17-,19+,21-,22-,23-,24+;;/m0000../s1. The summed E-state index contributed by atoms with van der Waals surface area (Å²) in [6.45, 7) is 34.8. The lowest BCUT2D eigenvalue weighted by Gasteiger charge is -2.63. The largest absolute Gasteiger partial charge is 0.390 e.